The van der Waals surface area contributed by atoms with Crippen LogP contribution in [0.5, 0.6) is 5.75 Å². The van der Waals surface area contributed by atoms with Crippen LogP contribution in [0.2, 0.25) is 0 Å². The molecular weight excluding hydrogens is 266 g/mol. The molecule has 1 N–H and O–H groups in total. The molecule has 0 bridgehead atoms. The van der Waals surface area contributed by atoms with Crippen molar-refractivity contribution in [3.63, 3.8) is 0 Å². The zero-order chi connectivity index (χ0) is 15.1. The quantitative estimate of drug-likeness (QED) is 0.807. The summed E-state index contributed by atoms with van der Waals surface area (Å²) >= 11 is 0. The van der Waals surface area contributed by atoms with Crippen LogP contribution in [0.4, 0.5) is 0 Å². The first-order valence-electron chi connectivity index (χ1n) is 7.35. The number of hydrogen-bond acceptors (Lipinski definition) is 5. The number of H-pyrrole nitrogens is 1. The molecule has 0 aliphatic carbocycles. The van der Waals surface area contributed by atoms with E-state index in [-0.39, 0.29) is 0 Å². The summed E-state index contributed by atoms with van der Waals surface area (Å²) < 4.78 is 5.30. The molecule has 0 aliphatic heterocycles. The number of aryl methyl sites for hydroxylation is 1. The standard InChI is InChI=1S/C15H23N5O/c1-4-20(10-6-9-15-16-18-19-17-15)12(2)13-7-5-8-14(11-13)21-3/h5,7-8,11-12H,4,6,9-10H2,1-3H3,(H,16,17,18,19). The Balaban J connectivity index is 1.92. The van der Waals surface area contributed by atoms with Gasteiger partial charge < -0.3 is 4.74 Å². The fraction of sp³-hybridized carbons (Fsp3) is 0.533. The largest absolute Gasteiger partial charge is 0.497 e. The normalized spacial score (nSPS) is 12.6. The van der Waals surface area contributed by atoms with Crippen molar-refractivity contribution in [2.45, 2.75) is 32.7 Å². The van der Waals surface area contributed by atoms with Crippen molar-refractivity contribution >= 4 is 0 Å². The molecule has 0 amide bonds. The van der Waals surface area contributed by atoms with E-state index in [1.54, 1.807) is 7.11 Å². The van der Waals surface area contributed by atoms with E-state index in [4.69, 9.17) is 4.74 Å². The van der Waals surface area contributed by atoms with E-state index in [0.717, 1.165) is 37.5 Å². The van der Waals surface area contributed by atoms with E-state index in [2.05, 4.69) is 51.5 Å². The molecule has 21 heavy (non-hydrogen) atoms. The van der Waals surface area contributed by atoms with Gasteiger partial charge in [-0.15, -0.1) is 10.2 Å². The molecule has 1 aromatic carbocycles. The number of benzene rings is 1. The molecule has 0 saturated carbocycles. The highest BCUT2D eigenvalue weighted by Gasteiger charge is 2.14. The summed E-state index contributed by atoms with van der Waals surface area (Å²) in [6, 6.07) is 8.62. The van der Waals surface area contributed by atoms with E-state index in [1.165, 1.54) is 5.56 Å². The van der Waals surface area contributed by atoms with Crippen LogP contribution in [0, 0.1) is 0 Å². The second-order valence-electron chi connectivity index (χ2n) is 5.01. The lowest BCUT2D eigenvalue weighted by atomic mass is 10.1. The Labute approximate surface area is 125 Å². The summed E-state index contributed by atoms with van der Waals surface area (Å²) in [6.07, 6.45) is 1.86. The summed E-state index contributed by atoms with van der Waals surface area (Å²) in [5.41, 5.74) is 1.27. The first-order valence-corrected chi connectivity index (χ1v) is 7.35. The van der Waals surface area contributed by atoms with Gasteiger partial charge in [0.2, 0.25) is 0 Å². The average Bonchev–Trinajstić information content (AvgIpc) is 3.04. The highest BCUT2D eigenvalue weighted by atomic mass is 16.5. The fourth-order valence-electron chi connectivity index (χ4n) is 2.47. The molecule has 6 heteroatoms. The third kappa shape index (κ3) is 4.26. The number of hydrogen-bond donors (Lipinski definition) is 1. The van der Waals surface area contributed by atoms with Gasteiger partial charge in [-0.25, -0.2) is 0 Å². The van der Waals surface area contributed by atoms with Gasteiger partial charge in [0.1, 0.15) is 5.75 Å². The van der Waals surface area contributed by atoms with E-state index in [0.29, 0.717) is 6.04 Å². The van der Waals surface area contributed by atoms with Crippen molar-refractivity contribution in [2.75, 3.05) is 20.2 Å². The summed E-state index contributed by atoms with van der Waals surface area (Å²) in [6.45, 7) is 6.42. The minimum atomic E-state index is 0.357. The maximum Gasteiger partial charge on any atom is 0.174 e. The lowest BCUT2D eigenvalue weighted by Crippen LogP contribution is -2.28. The minimum absolute atomic E-state index is 0.357. The fourth-order valence-corrected chi connectivity index (χ4v) is 2.47. The van der Waals surface area contributed by atoms with Gasteiger partial charge in [0.05, 0.1) is 7.11 Å². The zero-order valence-electron chi connectivity index (χ0n) is 12.9. The Morgan fingerprint density at radius 2 is 2.24 bits per heavy atom. The van der Waals surface area contributed by atoms with Crippen molar-refractivity contribution in [1.29, 1.82) is 0 Å². The lowest BCUT2D eigenvalue weighted by Gasteiger charge is -2.28. The zero-order valence-corrected chi connectivity index (χ0v) is 12.9. The smallest absolute Gasteiger partial charge is 0.174 e. The topological polar surface area (TPSA) is 66.9 Å². The molecule has 1 atom stereocenters. The number of ether oxygens (including phenoxy) is 1. The minimum Gasteiger partial charge on any atom is -0.497 e. The van der Waals surface area contributed by atoms with Gasteiger partial charge in [-0.2, -0.15) is 5.21 Å². The Bertz CT molecular complexity index is 529. The average molecular weight is 289 g/mol. The Morgan fingerprint density at radius 1 is 1.38 bits per heavy atom. The predicted octanol–water partition coefficient (Wildman–Crippen LogP) is 2.22. The predicted molar refractivity (Wildman–Crippen MR) is 81.2 cm³/mol. The Morgan fingerprint density at radius 3 is 2.90 bits per heavy atom. The van der Waals surface area contributed by atoms with Crippen LogP contribution in [0.25, 0.3) is 0 Å². The number of nitrogens with one attached hydrogen (secondary N) is 1. The van der Waals surface area contributed by atoms with Crippen LogP contribution < -0.4 is 4.74 Å². The van der Waals surface area contributed by atoms with Crippen molar-refractivity contribution in [1.82, 2.24) is 25.5 Å². The van der Waals surface area contributed by atoms with Gasteiger partial charge in [0, 0.05) is 12.5 Å². The van der Waals surface area contributed by atoms with Gasteiger partial charge in [0.25, 0.3) is 0 Å². The summed E-state index contributed by atoms with van der Waals surface area (Å²) in [5.74, 6) is 1.68. The Kier molecular flexibility index (Phi) is 5.68. The van der Waals surface area contributed by atoms with E-state index in [9.17, 15) is 0 Å². The van der Waals surface area contributed by atoms with Crippen LogP contribution in [0.3, 0.4) is 0 Å². The van der Waals surface area contributed by atoms with Crippen LogP contribution in [-0.2, 0) is 6.42 Å². The third-order valence-corrected chi connectivity index (χ3v) is 3.77. The molecule has 0 saturated heterocycles. The van der Waals surface area contributed by atoms with Gasteiger partial charge in [-0.3, -0.25) is 4.90 Å². The molecule has 0 fully saturated rings. The molecule has 1 heterocycles. The first kappa shape index (κ1) is 15.4. The molecule has 114 valence electrons. The van der Waals surface area contributed by atoms with E-state index < -0.39 is 0 Å². The number of rotatable bonds is 8. The van der Waals surface area contributed by atoms with Crippen molar-refractivity contribution in [3.8, 4) is 5.75 Å². The third-order valence-electron chi connectivity index (χ3n) is 3.77. The number of tetrazole rings is 1. The van der Waals surface area contributed by atoms with Crippen molar-refractivity contribution in [3.05, 3.63) is 35.7 Å². The lowest BCUT2D eigenvalue weighted by molar-refractivity contribution is 0.218. The van der Waals surface area contributed by atoms with Gasteiger partial charge in [0.15, 0.2) is 5.82 Å². The van der Waals surface area contributed by atoms with Crippen molar-refractivity contribution < 1.29 is 4.74 Å². The Hall–Kier alpha value is -1.95. The summed E-state index contributed by atoms with van der Waals surface area (Å²) in [7, 11) is 1.70. The summed E-state index contributed by atoms with van der Waals surface area (Å²) in [4.78, 5) is 2.44. The monoisotopic (exact) mass is 289 g/mol. The van der Waals surface area contributed by atoms with Crippen LogP contribution >= 0.6 is 0 Å². The van der Waals surface area contributed by atoms with Crippen LogP contribution in [0.1, 0.15) is 37.7 Å². The second kappa shape index (κ2) is 7.73. The highest BCUT2D eigenvalue weighted by Crippen LogP contribution is 2.23. The van der Waals surface area contributed by atoms with Gasteiger partial charge in [-0.1, -0.05) is 24.3 Å². The molecule has 6 nitrogen and oxygen atoms in total. The van der Waals surface area contributed by atoms with Crippen LogP contribution in [0.15, 0.2) is 24.3 Å². The molecule has 0 spiro atoms. The van der Waals surface area contributed by atoms with Gasteiger partial charge in [-0.05, 0) is 44.1 Å². The van der Waals surface area contributed by atoms with Crippen molar-refractivity contribution in [2.24, 2.45) is 0 Å². The first-order chi connectivity index (χ1) is 10.2. The molecule has 1 unspecified atom stereocenters. The highest BCUT2D eigenvalue weighted by molar-refractivity contribution is 5.30. The van der Waals surface area contributed by atoms with E-state index in [1.807, 2.05) is 12.1 Å². The maximum atomic E-state index is 5.30. The SMILES string of the molecule is CCN(CCCc1nn[nH]n1)C(C)c1cccc(OC)c1. The molecule has 2 rings (SSSR count). The summed E-state index contributed by atoms with van der Waals surface area (Å²) in [5, 5.41) is 14.0. The molecule has 0 radical (unpaired) electrons. The maximum absolute atomic E-state index is 5.30. The number of methoxy groups -OCH3 is 1. The number of nitrogens with zero attached hydrogens (tertiary/aromatic N) is 4. The molecule has 1 aromatic heterocycles. The van der Waals surface area contributed by atoms with Crippen LogP contribution in [-0.4, -0.2) is 45.7 Å². The number of aromatic nitrogens is 4. The van der Waals surface area contributed by atoms with E-state index >= 15 is 0 Å². The molecule has 2 aromatic rings. The molecule has 0 aliphatic rings. The number of aromatic amines is 1. The second-order valence-corrected chi connectivity index (χ2v) is 5.01. The molecular formula is C15H23N5O. The van der Waals surface area contributed by atoms with Gasteiger partial charge >= 0.3 is 0 Å².